The Kier molecular flexibility index (Phi) is 3.59. The van der Waals surface area contributed by atoms with Gasteiger partial charge in [-0.25, -0.2) is 4.39 Å². The number of anilines is 1. The maximum absolute atomic E-state index is 12.6. The molecule has 14 heavy (non-hydrogen) atoms. The number of hydrogen-bond acceptors (Lipinski definition) is 3. The highest BCUT2D eigenvalue weighted by Crippen LogP contribution is 2.12. The minimum Gasteiger partial charge on any atom is -0.367 e. The second-order valence-corrected chi connectivity index (χ2v) is 3.08. The lowest BCUT2D eigenvalue weighted by molar-refractivity contribution is -0.116. The molecule has 0 aliphatic rings. The van der Waals surface area contributed by atoms with E-state index in [1.165, 1.54) is 12.1 Å². The molecule has 0 radical (unpaired) electrons. The molecule has 0 heterocycles. The largest absolute Gasteiger partial charge is 0.367 e. The van der Waals surface area contributed by atoms with Crippen molar-refractivity contribution in [1.29, 1.82) is 0 Å². The van der Waals surface area contributed by atoms with E-state index in [2.05, 4.69) is 0 Å². The summed E-state index contributed by atoms with van der Waals surface area (Å²) in [6, 6.07) is 5.97. The second kappa shape index (κ2) is 4.72. The number of nitrogens with two attached hydrogens (primary N) is 1. The van der Waals surface area contributed by atoms with Crippen molar-refractivity contribution in [2.45, 2.75) is 0 Å². The number of benzene rings is 1. The van der Waals surface area contributed by atoms with Gasteiger partial charge < -0.3 is 10.6 Å². The molecule has 0 amide bonds. The zero-order valence-electron chi connectivity index (χ0n) is 8.03. The monoisotopic (exact) mass is 196 g/mol. The Labute approximate surface area is 82.3 Å². The van der Waals surface area contributed by atoms with Crippen LogP contribution in [-0.4, -0.2) is 25.9 Å². The van der Waals surface area contributed by atoms with Gasteiger partial charge >= 0.3 is 0 Å². The third-order valence-electron chi connectivity index (χ3n) is 1.91. The fourth-order valence-electron chi connectivity index (χ4n) is 1.12. The number of likely N-dealkylation sites (N-methyl/N-ethyl adjacent to an activating group) is 1. The van der Waals surface area contributed by atoms with Crippen LogP contribution in [0.4, 0.5) is 10.1 Å². The molecule has 2 N–H and O–H groups in total. The first-order valence-corrected chi connectivity index (χ1v) is 4.32. The maximum atomic E-state index is 12.6. The SMILES string of the molecule is CN(CC(=O)CN)c1ccc(F)cc1. The number of hydrogen-bond donors (Lipinski definition) is 1. The normalized spacial score (nSPS) is 9.93. The van der Waals surface area contributed by atoms with Crippen molar-refractivity contribution in [2.75, 3.05) is 25.0 Å². The zero-order chi connectivity index (χ0) is 10.6. The molecule has 0 saturated heterocycles. The molecule has 0 aliphatic carbocycles. The van der Waals surface area contributed by atoms with Crippen LogP contribution in [0.15, 0.2) is 24.3 Å². The summed E-state index contributed by atoms with van der Waals surface area (Å²) in [4.78, 5) is 12.8. The number of halogens is 1. The first-order valence-electron chi connectivity index (χ1n) is 4.32. The van der Waals surface area contributed by atoms with Gasteiger partial charge in [0.2, 0.25) is 0 Å². The first kappa shape index (κ1) is 10.7. The quantitative estimate of drug-likeness (QED) is 0.774. The van der Waals surface area contributed by atoms with Crippen LogP contribution in [0, 0.1) is 5.82 Å². The molecular formula is C10H13FN2O. The fraction of sp³-hybridized carbons (Fsp3) is 0.300. The van der Waals surface area contributed by atoms with Crippen LogP contribution in [0.2, 0.25) is 0 Å². The minimum atomic E-state index is -0.285. The molecule has 3 nitrogen and oxygen atoms in total. The zero-order valence-corrected chi connectivity index (χ0v) is 8.03. The van der Waals surface area contributed by atoms with Crippen LogP contribution in [0.5, 0.6) is 0 Å². The van der Waals surface area contributed by atoms with Gasteiger partial charge in [-0.05, 0) is 24.3 Å². The number of ketones is 1. The van der Waals surface area contributed by atoms with Crippen molar-refractivity contribution < 1.29 is 9.18 Å². The molecule has 76 valence electrons. The summed E-state index contributed by atoms with van der Waals surface area (Å²) in [6.07, 6.45) is 0. The van der Waals surface area contributed by atoms with Crippen molar-refractivity contribution in [3.8, 4) is 0 Å². The molecule has 1 aromatic carbocycles. The van der Waals surface area contributed by atoms with Crippen molar-refractivity contribution in [3.63, 3.8) is 0 Å². The van der Waals surface area contributed by atoms with E-state index in [9.17, 15) is 9.18 Å². The van der Waals surface area contributed by atoms with Crippen molar-refractivity contribution in [3.05, 3.63) is 30.1 Å². The molecule has 0 fully saturated rings. The Hall–Kier alpha value is -1.42. The standard InChI is InChI=1S/C10H13FN2O/c1-13(7-10(14)6-12)9-4-2-8(11)3-5-9/h2-5H,6-7,12H2,1H3. The Morgan fingerprint density at radius 3 is 2.50 bits per heavy atom. The summed E-state index contributed by atoms with van der Waals surface area (Å²) in [6.45, 7) is 0.285. The van der Waals surface area contributed by atoms with Crippen molar-refractivity contribution in [2.24, 2.45) is 5.73 Å². The maximum Gasteiger partial charge on any atom is 0.165 e. The Balaban J connectivity index is 2.65. The highest BCUT2D eigenvalue weighted by atomic mass is 19.1. The molecule has 0 saturated carbocycles. The molecule has 0 aromatic heterocycles. The summed E-state index contributed by atoms with van der Waals surface area (Å²) < 4.78 is 12.6. The van der Waals surface area contributed by atoms with Crippen molar-refractivity contribution >= 4 is 11.5 Å². The van der Waals surface area contributed by atoms with Crippen LogP contribution < -0.4 is 10.6 Å². The predicted molar refractivity (Wildman–Crippen MR) is 53.7 cm³/mol. The van der Waals surface area contributed by atoms with Crippen molar-refractivity contribution in [1.82, 2.24) is 0 Å². The molecule has 0 spiro atoms. The Morgan fingerprint density at radius 2 is 2.00 bits per heavy atom. The topological polar surface area (TPSA) is 46.3 Å². The average Bonchev–Trinajstić information content (AvgIpc) is 2.18. The van der Waals surface area contributed by atoms with Gasteiger partial charge in [0.15, 0.2) is 5.78 Å². The third-order valence-corrected chi connectivity index (χ3v) is 1.91. The highest BCUT2D eigenvalue weighted by molar-refractivity contribution is 5.84. The van der Waals surface area contributed by atoms with E-state index < -0.39 is 0 Å². The van der Waals surface area contributed by atoms with Crippen LogP contribution >= 0.6 is 0 Å². The molecule has 4 heteroatoms. The Bertz CT molecular complexity index is 310. The lowest BCUT2D eigenvalue weighted by Gasteiger charge is -2.17. The van der Waals surface area contributed by atoms with Gasteiger partial charge in [-0.1, -0.05) is 0 Å². The fourth-order valence-corrected chi connectivity index (χ4v) is 1.12. The van der Waals surface area contributed by atoms with E-state index >= 15 is 0 Å². The van der Waals surface area contributed by atoms with E-state index in [1.54, 1.807) is 24.1 Å². The second-order valence-electron chi connectivity index (χ2n) is 3.08. The van der Waals surface area contributed by atoms with E-state index in [-0.39, 0.29) is 24.7 Å². The van der Waals surface area contributed by atoms with Crippen LogP contribution in [-0.2, 0) is 4.79 Å². The van der Waals surface area contributed by atoms with Gasteiger partial charge in [-0.2, -0.15) is 0 Å². The van der Waals surface area contributed by atoms with Crippen LogP contribution in [0.3, 0.4) is 0 Å². The summed E-state index contributed by atoms with van der Waals surface area (Å²) in [5.74, 6) is -0.330. The molecule has 0 bridgehead atoms. The number of Topliss-reactive ketones (excluding diaryl/α,β-unsaturated/α-hetero) is 1. The van der Waals surface area contributed by atoms with Crippen LogP contribution in [0.25, 0.3) is 0 Å². The lowest BCUT2D eigenvalue weighted by Crippen LogP contribution is -2.29. The molecule has 0 atom stereocenters. The van der Waals surface area contributed by atoms with E-state index in [0.717, 1.165) is 5.69 Å². The molecule has 0 aliphatic heterocycles. The van der Waals surface area contributed by atoms with Gasteiger partial charge in [0.25, 0.3) is 0 Å². The smallest absolute Gasteiger partial charge is 0.165 e. The highest BCUT2D eigenvalue weighted by Gasteiger charge is 2.05. The number of rotatable bonds is 4. The number of carbonyl (C=O) groups excluding carboxylic acids is 1. The molecular weight excluding hydrogens is 183 g/mol. The number of carbonyl (C=O) groups is 1. The van der Waals surface area contributed by atoms with Gasteiger partial charge in [0.1, 0.15) is 5.82 Å². The Morgan fingerprint density at radius 1 is 1.43 bits per heavy atom. The number of nitrogens with zero attached hydrogens (tertiary/aromatic N) is 1. The van der Waals surface area contributed by atoms with Gasteiger partial charge in [-0.3, -0.25) is 4.79 Å². The summed E-state index contributed by atoms with van der Waals surface area (Å²) in [7, 11) is 1.76. The first-order chi connectivity index (χ1) is 6.63. The van der Waals surface area contributed by atoms with Gasteiger partial charge in [0, 0.05) is 12.7 Å². The minimum absolute atomic E-state index is 0.0333. The summed E-state index contributed by atoms with van der Waals surface area (Å²) in [5, 5.41) is 0. The van der Waals surface area contributed by atoms with E-state index in [1.807, 2.05) is 0 Å². The third kappa shape index (κ3) is 2.81. The summed E-state index contributed by atoms with van der Waals surface area (Å²) >= 11 is 0. The van der Waals surface area contributed by atoms with Gasteiger partial charge in [-0.15, -0.1) is 0 Å². The average molecular weight is 196 g/mol. The predicted octanol–water partition coefficient (Wildman–Crippen LogP) is 0.790. The van der Waals surface area contributed by atoms with Crippen LogP contribution in [0.1, 0.15) is 0 Å². The van der Waals surface area contributed by atoms with E-state index in [0.29, 0.717) is 0 Å². The molecule has 1 rings (SSSR count). The van der Waals surface area contributed by atoms with Gasteiger partial charge in [0.05, 0.1) is 13.1 Å². The molecule has 0 unspecified atom stereocenters. The molecule has 1 aromatic rings. The summed E-state index contributed by atoms with van der Waals surface area (Å²) in [5.41, 5.74) is 5.99. The van der Waals surface area contributed by atoms with E-state index in [4.69, 9.17) is 5.73 Å². The lowest BCUT2D eigenvalue weighted by atomic mass is 10.2.